The highest BCUT2D eigenvalue weighted by Gasteiger charge is 2.63. The van der Waals surface area contributed by atoms with Crippen LogP contribution in [-0.4, -0.2) is 22.4 Å². The van der Waals surface area contributed by atoms with Crippen LogP contribution in [0.2, 0.25) is 0 Å². The summed E-state index contributed by atoms with van der Waals surface area (Å²) in [6.45, 7) is 8.68. The summed E-state index contributed by atoms with van der Waals surface area (Å²) >= 11 is 0. The standard InChI is InChI=1S/C11H20O2/c1-7(2)11-6-9(12)10(4,13-11)5-8(11)3/h7-9,12H,5-6H2,1-4H3/t8-,9+,10-,11+/m0/s1. The Morgan fingerprint density at radius 1 is 1.38 bits per heavy atom. The zero-order valence-corrected chi connectivity index (χ0v) is 9.00. The fraction of sp³-hybridized carbons (Fsp3) is 1.00. The minimum atomic E-state index is -0.260. The number of hydrogen-bond acceptors (Lipinski definition) is 2. The van der Waals surface area contributed by atoms with E-state index in [0.717, 1.165) is 12.8 Å². The van der Waals surface area contributed by atoms with Crippen LogP contribution in [0.3, 0.4) is 0 Å². The molecule has 2 aliphatic heterocycles. The number of fused-ring (bicyclic) bond motifs is 2. The maximum Gasteiger partial charge on any atom is 0.0924 e. The van der Waals surface area contributed by atoms with E-state index in [0.29, 0.717) is 11.8 Å². The average Bonchev–Trinajstić information content (AvgIpc) is 2.37. The van der Waals surface area contributed by atoms with Crippen molar-refractivity contribution in [2.75, 3.05) is 0 Å². The lowest BCUT2D eigenvalue weighted by molar-refractivity contribution is -0.0870. The fourth-order valence-corrected chi connectivity index (χ4v) is 3.24. The third-order valence-corrected chi connectivity index (χ3v) is 4.16. The highest BCUT2D eigenvalue weighted by atomic mass is 16.6. The maximum atomic E-state index is 9.89. The molecule has 0 aromatic rings. The molecule has 2 heterocycles. The van der Waals surface area contributed by atoms with E-state index >= 15 is 0 Å². The van der Waals surface area contributed by atoms with Crippen molar-refractivity contribution in [1.82, 2.24) is 0 Å². The normalized spacial score (nSPS) is 54.9. The Bertz CT molecular complexity index is 226. The number of hydrogen-bond donors (Lipinski definition) is 1. The average molecular weight is 184 g/mol. The summed E-state index contributed by atoms with van der Waals surface area (Å²) in [6.07, 6.45) is 1.57. The van der Waals surface area contributed by atoms with Gasteiger partial charge in [-0.15, -0.1) is 0 Å². The van der Waals surface area contributed by atoms with Gasteiger partial charge >= 0.3 is 0 Å². The summed E-state index contributed by atoms with van der Waals surface area (Å²) in [4.78, 5) is 0. The number of aliphatic hydroxyl groups excluding tert-OH is 1. The van der Waals surface area contributed by atoms with E-state index in [9.17, 15) is 5.11 Å². The van der Waals surface area contributed by atoms with Gasteiger partial charge in [-0.25, -0.2) is 0 Å². The van der Waals surface area contributed by atoms with Crippen molar-refractivity contribution in [2.24, 2.45) is 11.8 Å². The first-order valence-electron chi connectivity index (χ1n) is 5.29. The zero-order chi connectivity index (χ0) is 9.85. The van der Waals surface area contributed by atoms with Gasteiger partial charge < -0.3 is 9.84 Å². The Kier molecular flexibility index (Phi) is 1.81. The first-order valence-corrected chi connectivity index (χ1v) is 5.29. The van der Waals surface area contributed by atoms with Gasteiger partial charge in [-0.05, 0) is 25.2 Å². The van der Waals surface area contributed by atoms with E-state index in [1.165, 1.54) is 0 Å². The molecular formula is C11H20O2. The second-order valence-electron chi connectivity index (χ2n) is 5.35. The van der Waals surface area contributed by atoms with Crippen molar-refractivity contribution >= 4 is 0 Å². The minimum Gasteiger partial charge on any atom is -0.390 e. The van der Waals surface area contributed by atoms with Gasteiger partial charge in [0, 0.05) is 6.42 Å². The van der Waals surface area contributed by atoms with E-state index in [1.807, 2.05) is 6.92 Å². The lowest BCUT2D eigenvalue weighted by Gasteiger charge is -2.35. The van der Waals surface area contributed by atoms with Crippen LogP contribution in [-0.2, 0) is 4.74 Å². The van der Waals surface area contributed by atoms with Crippen LogP contribution >= 0.6 is 0 Å². The van der Waals surface area contributed by atoms with Crippen LogP contribution in [0.4, 0.5) is 0 Å². The SMILES string of the molecule is CC(C)[C@]12C[C@@H](O)[C@](C)(C[C@@H]1C)O2. The molecule has 0 aromatic heterocycles. The van der Waals surface area contributed by atoms with E-state index in [2.05, 4.69) is 20.8 Å². The minimum absolute atomic E-state index is 0.0475. The van der Waals surface area contributed by atoms with Crippen molar-refractivity contribution in [2.45, 2.75) is 57.8 Å². The first-order chi connectivity index (χ1) is 5.91. The maximum absolute atomic E-state index is 9.89. The molecule has 4 atom stereocenters. The molecule has 1 N–H and O–H groups in total. The molecule has 0 spiro atoms. The molecule has 2 aliphatic rings. The highest BCUT2D eigenvalue weighted by Crippen LogP contribution is 2.56. The summed E-state index contributed by atoms with van der Waals surface area (Å²) in [5.41, 5.74) is -0.308. The molecule has 2 fully saturated rings. The van der Waals surface area contributed by atoms with Gasteiger partial charge in [-0.3, -0.25) is 0 Å². The van der Waals surface area contributed by atoms with Crippen LogP contribution < -0.4 is 0 Å². The molecular weight excluding hydrogens is 164 g/mol. The predicted octanol–water partition coefficient (Wildman–Crippen LogP) is 1.96. The van der Waals surface area contributed by atoms with Crippen LogP contribution in [0.15, 0.2) is 0 Å². The molecule has 2 heteroatoms. The van der Waals surface area contributed by atoms with Crippen LogP contribution in [0.5, 0.6) is 0 Å². The molecule has 2 bridgehead atoms. The van der Waals surface area contributed by atoms with Gasteiger partial charge in [0.25, 0.3) is 0 Å². The largest absolute Gasteiger partial charge is 0.390 e. The Morgan fingerprint density at radius 3 is 2.31 bits per heavy atom. The van der Waals surface area contributed by atoms with E-state index in [1.54, 1.807) is 0 Å². The Labute approximate surface area is 80.3 Å². The van der Waals surface area contributed by atoms with Crippen LogP contribution in [0, 0.1) is 11.8 Å². The second-order valence-corrected chi connectivity index (χ2v) is 5.35. The molecule has 2 rings (SSSR count). The quantitative estimate of drug-likeness (QED) is 0.675. The van der Waals surface area contributed by atoms with E-state index < -0.39 is 0 Å². The van der Waals surface area contributed by atoms with Crippen LogP contribution in [0.1, 0.15) is 40.5 Å². The topological polar surface area (TPSA) is 29.5 Å². The van der Waals surface area contributed by atoms with E-state index in [4.69, 9.17) is 4.74 Å². The number of rotatable bonds is 1. The molecule has 0 aromatic carbocycles. The molecule has 0 aliphatic carbocycles. The summed E-state index contributed by atoms with van der Waals surface area (Å²) < 4.78 is 6.08. The lowest BCUT2D eigenvalue weighted by Crippen LogP contribution is -2.42. The van der Waals surface area contributed by atoms with Gasteiger partial charge in [0.2, 0.25) is 0 Å². The second kappa shape index (κ2) is 2.48. The van der Waals surface area contributed by atoms with Crippen molar-refractivity contribution < 1.29 is 9.84 Å². The summed E-state index contributed by atoms with van der Waals surface area (Å²) in [5, 5.41) is 9.89. The van der Waals surface area contributed by atoms with Gasteiger partial charge in [-0.1, -0.05) is 20.8 Å². The number of ether oxygens (including phenoxy) is 1. The summed E-state index contributed by atoms with van der Waals surface area (Å²) in [6, 6.07) is 0. The molecule has 2 nitrogen and oxygen atoms in total. The summed E-state index contributed by atoms with van der Waals surface area (Å²) in [5.74, 6) is 1.09. The third-order valence-electron chi connectivity index (χ3n) is 4.16. The van der Waals surface area contributed by atoms with Gasteiger partial charge in [0.05, 0.1) is 17.3 Å². The van der Waals surface area contributed by atoms with Crippen molar-refractivity contribution in [3.8, 4) is 0 Å². The lowest BCUT2D eigenvalue weighted by atomic mass is 9.69. The predicted molar refractivity (Wildman–Crippen MR) is 51.5 cm³/mol. The molecule has 0 amide bonds. The monoisotopic (exact) mass is 184 g/mol. The first kappa shape index (κ1) is 9.47. The molecule has 0 saturated carbocycles. The fourth-order valence-electron chi connectivity index (χ4n) is 3.24. The van der Waals surface area contributed by atoms with Gasteiger partial charge in [0.1, 0.15) is 0 Å². The Hall–Kier alpha value is -0.0800. The van der Waals surface area contributed by atoms with Crippen molar-refractivity contribution in [1.29, 1.82) is 0 Å². The summed E-state index contributed by atoms with van der Waals surface area (Å²) in [7, 11) is 0. The van der Waals surface area contributed by atoms with Crippen LogP contribution in [0.25, 0.3) is 0 Å². The Balaban J connectivity index is 2.32. The zero-order valence-electron chi connectivity index (χ0n) is 9.00. The molecule has 2 saturated heterocycles. The number of aliphatic hydroxyl groups is 1. The molecule has 0 radical (unpaired) electrons. The third kappa shape index (κ3) is 1.02. The van der Waals surface area contributed by atoms with Crippen molar-refractivity contribution in [3.63, 3.8) is 0 Å². The highest BCUT2D eigenvalue weighted by molar-refractivity contribution is 5.12. The van der Waals surface area contributed by atoms with Gasteiger partial charge in [-0.2, -0.15) is 0 Å². The Morgan fingerprint density at radius 2 is 2.00 bits per heavy atom. The van der Waals surface area contributed by atoms with E-state index in [-0.39, 0.29) is 17.3 Å². The molecule has 0 unspecified atom stereocenters. The van der Waals surface area contributed by atoms with Crippen molar-refractivity contribution in [3.05, 3.63) is 0 Å². The van der Waals surface area contributed by atoms with Gasteiger partial charge in [0.15, 0.2) is 0 Å². The molecule has 13 heavy (non-hydrogen) atoms. The molecule has 76 valence electrons. The smallest absolute Gasteiger partial charge is 0.0924 e.